The van der Waals surface area contributed by atoms with Crippen molar-refractivity contribution in [3.05, 3.63) is 59.2 Å². The molecule has 0 aliphatic rings. The highest BCUT2D eigenvalue weighted by Gasteiger charge is 2.15. The van der Waals surface area contributed by atoms with Crippen LogP contribution < -0.4 is 10.6 Å². The van der Waals surface area contributed by atoms with Crippen molar-refractivity contribution in [1.82, 2.24) is 0 Å². The second-order valence-electron chi connectivity index (χ2n) is 5.44. The molecule has 2 rings (SSSR count). The smallest absolute Gasteiger partial charge is 0.257 e. The molecule has 1 amide bonds. The fourth-order valence-corrected chi connectivity index (χ4v) is 2.42. The van der Waals surface area contributed by atoms with E-state index in [1.807, 2.05) is 50.4 Å². The van der Waals surface area contributed by atoms with Crippen molar-refractivity contribution in [2.75, 3.05) is 17.7 Å². The van der Waals surface area contributed by atoms with E-state index in [1.54, 1.807) is 0 Å². The van der Waals surface area contributed by atoms with Crippen LogP contribution in [0.4, 0.5) is 11.4 Å². The summed E-state index contributed by atoms with van der Waals surface area (Å²) in [6.07, 6.45) is 0. The standard InChI is InChI=1S/C18H22N2O/c1-12(2)14-10-7-8-13(3)17(14)20-18(21)15-9-5-6-11-16(15)19-4/h5-12,19H,1-4H3,(H,20,21). The maximum Gasteiger partial charge on any atom is 0.257 e. The van der Waals surface area contributed by atoms with E-state index in [4.69, 9.17) is 0 Å². The Balaban J connectivity index is 2.36. The Morgan fingerprint density at radius 2 is 1.76 bits per heavy atom. The molecule has 0 aliphatic carbocycles. The Morgan fingerprint density at radius 3 is 2.43 bits per heavy atom. The van der Waals surface area contributed by atoms with Crippen molar-refractivity contribution >= 4 is 17.3 Å². The number of carbonyl (C=O) groups is 1. The topological polar surface area (TPSA) is 41.1 Å². The number of carbonyl (C=O) groups excluding carboxylic acids is 1. The van der Waals surface area contributed by atoms with E-state index in [-0.39, 0.29) is 5.91 Å². The summed E-state index contributed by atoms with van der Waals surface area (Å²) >= 11 is 0. The van der Waals surface area contributed by atoms with Crippen molar-refractivity contribution in [3.8, 4) is 0 Å². The molecule has 0 saturated carbocycles. The van der Waals surface area contributed by atoms with Gasteiger partial charge in [-0.1, -0.05) is 44.2 Å². The van der Waals surface area contributed by atoms with Gasteiger partial charge in [0.05, 0.1) is 5.56 Å². The Morgan fingerprint density at radius 1 is 1.05 bits per heavy atom. The minimum Gasteiger partial charge on any atom is -0.387 e. The largest absolute Gasteiger partial charge is 0.387 e. The lowest BCUT2D eigenvalue weighted by atomic mass is 9.98. The highest BCUT2D eigenvalue weighted by molar-refractivity contribution is 6.08. The van der Waals surface area contributed by atoms with Gasteiger partial charge in [-0.25, -0.2) is 0 Å². The molecule has 110 valence electrons. The van der Waals surface area contributed by atoms with Gasteiger partial charge in [-0.05, 0) is 36.1 Å². The normalized spacial score (nSPS) is 10.5. The summed E-state index contributed by atoms with van der Waals surface area (Å²) in [5.41, 5.74) is 4.64. The van der Waals surface area contributed by atoms with Crippen LogP contribution in [-0.4, -0.2) is 13.0 Å². The molecule has 0 heterocycles. The molecular weight excluding hydrogens is 260 g/mol. The fourth-order valence-electron chi connectivity index (χ4n) is 2.42. The van der Waals surface area contributed by atoms with Gasteiger partial charge >= 0.3 is 0 Å². The molecular formula is C18H22N2O. The molecule has 0 radical (unpaired) electrons. The van der Waals surface area contributed by atoms with Gasteiger partial charge in [-0.2, -0.15) is 0 Å². The van der Waals surface area contributed by atoms with Crippen LogP contribution in [0.1, 0.15) is 41.3 Å². The zero-order valence-electron chi connectivity index (χ0n) is 13.0. The van der Waals surface area contributed by atoms with Crippen molar-refractivity contribution in [1.29, 1.82) is 0 Å². The maximum atomic E-state index is 12.6. The van der Waals surface area contributed by atoms with E-state index in [0.717, 1.165) is 22.5 Å². The summed E-state index contributed by atoms with van der Waals surface area (Å²) in [6.45, 7) is 6.28. The number of benzene rings is 2. The van der Waals surface area contributed by atoms with Gasteiger partial charge in [0.15, 0.2) is 0 Å². The molecule has 21 heavy (non-hydrogen) atoms. The first-order valence-electron chi connectivity index (χ1n) is 7.22. The van der Waals surface area contributed by atoms with Crippen LogP contribution in [0.25, 0.3) is 0 Å². The summed E-state index contributed by atoms with van der Waals surface area (Å²) in [5, 5.41) is 6.13. The maximum absolute atomic E-state index is 12.6. The van der Waals surface area contributed by atoms with Gasteiger partial charge in [-0.3, -0.25) is 4.79 Å². The number of aryl methyl sites for hydroxylation is 1. The summed E-state index contributed by atoms with van der Waals surface area (Å²) < 4.78 is 0. The Bertz CT molecular complexity index is 647. The molecule has 0 unspecified atom stereocenters. The Hall–Kier alpha value is -2.29. The average Bonchev–Trinajstić information content (AvgIpc) is 2.48. The minimum absolute atomic E-state index is 0.0869. The van der Waals surface area contributed by atoms with Crippen molar-refractivity contribution < 1.29 is 4.79 Å². The van der Waals surface area contributed by atoms with Gasteiger partial charge in [0.25, 0.3) is 5.91 Å². The minimum atomic E-state index is -0.0869. The van der Waals surface area contributed by atoms with Gasteiger partial charge in [0, 0.05) is 18.4 Å². The first kappa shape index (κ1) is 15.1. The first-order chi connectivity index (χ1) is 10.0. The zero-order valence-corrected chi connectivity index (χ0v) is 13.0. The van der Waals surface area contributed by atoms with Crippen molar-refractivity contribution in [3.63, 3.8) is 0 Å². The van der Waals surface area contributed by atoms with Crippen molar-refractivity contribution in [2.24, 2.45) is 0 Å². The lowest BCUT2D eigenvalue weighted by Gasteiger charge is -2.17. The summed E-state index contributed by atoms with van der Waals surface area (Å²) in [5.74, 6) is 0.274. The van der Waals surface area contributed by atoms with Crippen LogP contribution in [0.2, 0.25) is 0 Å². The number of nitrogens with one attached hydrogen (secondary N) is 2. The average molecular weight is 282 g/mol. The predicted molar refractivity (Wildman–Crippen MR) is 89.2 cm³/mol. The molecule has 0 spiro atoms. The zero-order chi connectivity index (χ0) is 15.4. The molecule has 2 aromatic rings. The molecule has 3 nitrogen and oxygen atoms in total. The number of rotatable bonds is 4. The molecule has 3 heteroatoms. The third-order valence-electron chi connectivity index (χ3n) is 3.61. The molecule has 2 N–H and O–H groups in total. The van der Waals surface area contributed by atoms with E-state index >= 15 is 0 Å². The van der Waals surface area contributed by atoms with Crippen LogP contribution in [-0.2, 0) is 0 Å². The SMILES string of the molecule is CNc1ccccc1C(=O)Nc1c(C)cccc1C(C)C. The van der Waals surface area contributed by atoms with Gasteiger partial charge < -0.3 is 10.6 Å². The van der Waals surface area contributed by atoms with Crippen LogP contribution in [0, 0.1) is 6.92 Å². The van der Waals surface area contributed by atoms with E-state index in [0.29, 0.717) is 11.5 Å². The lowest BCUT2D eigenvalue weighted by Crippen LogP contribution is -2.16. The van der Waals surface area contributed by atoms with Crippen LogP contribution in [0.5, 0.6) is 0 Å². The second-order valence-corrected chi connectivity index (χ2v) is 5.44. The number of para-hydroxylation sites is 2. The molecule has 0 bridgehead atoms. The molecule has 2 aromatic carbocycles. The van der Waals surface area contributed by atoms with Gasteiger partial charge in [-0.15, -0.1) is 0 Å². The third-order valence-corrected chi connectivity index (χ3v) is 3.61. The van der Waals surface area contributed by atoms with E-state index < -0.39 is 0 Å². The first-order valence-corrected chi connectivity index (χ1v) is 7.22. The Labute approximate surface area is 126 Å². The molecule has 0 atom stereocenters. The van der Waals surface area contributed by atoms with Crippen LogP contribution >= 0.6 is 0 Å². The van der Waals surface area contributed by atoms with E-state index in [9.17, 15) is 4.79 Å². The Kier molecular flexibility index (Phi) is 4.63. The summed E-state index contributed by atoms with van der Waals surface area (Å²) in [4.78, 5) is 12.6. The molecule has 0 fully saturated rings. The quantitative estimate of drug-likeness (QED) is 0.872. The molecule has 0 aliphatic heterocycles. The number of amides is 1. The van der Waals surface area contributed by atoms with Gasteiger partial charge in [0.2, 0.25) is 0 Å². The molecule has 0 saturated heterocycles. The van der Waals surface area contributed by atoms with Gasteiger partial charge in [0.1, 0.15) is 0 Å². The number of anilines is 2. The highest BCUT2D eigenvalue weighted by Crippen LogP contribution is 2.28. The molecule has 0 aromatic heterocycles. The third kappa shape index (κ3) is 3.24. The fraction of sp³-hybridized carbons (Fsp3) is 0.278. The number of hydrogen-bond acceptors (Lipinski definition) is 2. The van der Waals surface area contributed by atoms with Crippen LogP contribution in [0.3, 0.4) is 0 Å². The van der Waals surface area contributed by atoms with Crippen molar-refractivity contribution in [2.45, 2.75) is 26.7 Å². The lowest BCUT2D eigenvalue weighted by molar-refractivity contribution is 0.102. The van der Waals surface area contributed by atoms with E-state index in [1.165, 1.54) is 0 Å². The van der Waals surface area contributed by atoms with Crippen LogP contribution in [0.15, 0.2) is 42.5 Å². The highest BCUT2D eigenvalue weighted by atomic mass is 16.1. The second kappa shape index (κ2) is 6.44. The summed E-state index contributed by atoms with van der Waals surface area (Å²) in [7, 11) is 1.82. The number of hydrogen-bond donors (Lipinski definition) is 2. The summed E-state index contributed by atoms with van der Waals surface area (Å²) in [6, 6.07) is 13.6. The van der Waals surface area contributed by atoms with E-state index in [2.05, 4.69) is 30.5 Å². The predicted octanol–water partition coefficient (Wildman–Crippen LogP) is 4.41. The monoisotopic (exact) mass is 282 g/mol.